The van der Waals surface area contributed by atoms with Gasteiger partial charge in [0.2, 0.25) is 5.82 Å². The first-order chi connectivity index (χ1) is 9.97. The fourth-order valence-corrected chi connectivity index (χ4v) is 1.90. The van der Waals surface area contributed by atoms with Crippen molar-refractivity contribution in [2.24, 2.45) is 0 Å². The molecule has 0 spiro atoms. The fraction of sp³-hybridized carbons (Fsp3) is 0.214. The van der Waals surface area contributed by atoms with Crippen LogP contribution in [0.25, 0.3) is 0 Å². The van der Waals surface area contributed by atoms with Gasteiger partial charge in [-0.25, -0.2) is 14.2 Å². The normalized spacial score (nSPS) is 11.9. The molecule has 1 heterocycles. The molecule has 1 aromatic carbocycles. The van der Waals surface area contributed by atoms with Gasteiger partial charge in [-0.1, -0.05) is 30.3 Å². The standard InChI is InChI=1S/C14H14FN3O3/c1-9(7-10-5-3-2-4-6-10)16-13(20)18-8-11(15)12(19)17-14(18)21/h2-6,8-9H,7H2,1H3,(H,16,20)(H,17,19,21). The summed E-state index contributed by atoms with van der Waals surface area (Å²) in [5.74, 6) is -1.19. The number of benzene rings is 1. The zero-order valence-electron chi connectivity index (χ0n) is 11.3. The molecule has 0 radical (unpaired) electrons. The number of aromatic amines is 1. The molecular weight excluding hydrogens is 277 g/mol. The van der Waals surface area contributed by atoms with E-state index in [0.717, 1.165) is 5.56 Å². The van der Waals surface area contributed by atoms with E-state index in [1.807, 2.05) is 30.3 Å². The summed E-state index contributed by atoms with van der Waals surface area (Å²) in [5, 5.41) is 2.57. The third-order valence-electron chi connectivity index (χ3n) is 2.87. The van der Waals surface area contributed by atoms with Crippen LogP contribution in [0.15, 0.2) is 46.1 Å². The van der Waals surface area contributed by atoms with E-state index in [1.54, 1.807) is 11.9 Å². The van der Waals surface area contributed by atoms with E-state index < -0.39 is 23.1 Å². The van der Waals surface area contributed by atoms with Crippen LogP contribution in [0, 0.1) is 5.82 Å². The molecule has 7 heteroatoms. The SMILES string of the molecule is CC(Cc1ccccc1)NC(=O)n1cc(F)c(=O)[nH]c1=O. The van der Waals surface area contributed by atoms with Crippen molar-refractivity contribution in [1.29, 1.82) is 0 Å². The molecule has 6 nitrogen and oxygen atoms in total. The lowest BCUT2D eigenvalue weighted by Crippen LogP contribution is -2.44. The molecule has 2 rings (SSSR count). The number of carbonyl (C=O) groups is 1. The van der Waals surface area contributed by atoms with Gasteiger partial charge in [0.05, 0.1) is 6.20 Å². The highest BCUT2D eigenvalue weighted by Gasteiger charge is 2.13. The molecule has 0 aliphatic carbocycles. The Morgan fingerprint density at radius 2 is 2.00 bits per heavy atom. The van der Waals surface area contributed by atoms with Gasteiger partial charge in [0.15, 0.2) is 0 Å². The Kier molecular flexibility index (Phi) is 4.32. The van der Waals surface area contributed by atoms with Gasteiger partial charge in [0, 0.05) is 6.04 Å². The predicted molar refractivity (Wildman–Crippen MR) is 74.8 cm³/mol. The molecule has 2 aromatic rings. The van der Waals surface area contributed by atoms with E-state index in [0.29, 0.717) is 17.2 Å². The topological polar surface area (TPSA) is 84.0 Å². The monoisotopic (exact) mass is 291 g/mol. The van der Waals surface area contributed by atoms with Crippen molar-refractivity contribution in [3.8, 4) is 0 Å². The van der Waals surface area contributed by atoms with Crippen molar-refractivity contribution in [2.75, 3.05) is 0 Å². The quantitative estimate of drug-likeness (QED) is 0.880. The number of hydrogen-bond acceptors (Lipinski definition) is 3. The Labute approximate surface area is 119 Å². The van der Waals surface area contributed by atoms with Crippen molar-refractivity contribution in [1.82, 2.24) is 14.9 Å². The van der Waals surface area contributed by atoms with E-state index in [2.05, 4.69) is 5.32 Å². The molecule has 0 saturated heterocycles. The average Bonchev–Trinajstić information content (AvgIpc) is 2.43. The first kappa shape index (κ1) is 14.7. The molecule has 21 heavy (non-hydrogen) atoms. The zero-order valence-corrected chi connectivity index (χ0v) is 11.3. The molecule has 0 bridgehead atoms. The number of amides is 1. The molecule has 1 amide bonds. The lowest BCUT2D eigenvalue weighted by atomic mass is 10.1. The van der Waals surface area contributed by atoms with E-state index in [4.69, 9.17) is 0 Å². The van der Waals surface area contributed by atoms with Crippen LogP contribution in [0.1, 0.15) is 12.5 Å². The zero-order chi connectivity index (χ0) is 15.4. The van der Waals surface area contributed by atoms with Gasteiger partial charge in [0.1, 0.15) is 0 Å². The lowest BCUT2D eigenvalue weighted by molar-refractivity contribution is 0.237. The molecule has 0 aliphatic rings. The third-order valence-corrected chi connectivity index (χ3v) is 2.87. The molecule has 1 aromatic heterocycles. The van der Waals surface area contributed by atoms with Crippen LogP contribution >= 0.6 is 0 Å². The van der Waals surface area contributed by atoms with E-state index in [9.17, 15) is 18.8 Å². The average molecular weight is 291 g/mol. The second-order valence-corrected chi connectivity index (χ2v) is 4.65. The first-order valence-electron chi connectivity index (χ1n) is 6.33. The van der Waals surface area contributed by atoms with Gasteiger partial charge in [-0.05, 0) is 18.9 Å². The second kappa shape index (κ2) is 6.17. The summed E-state index contributed by atoms with van der Waals surface area (Å²) in [6, 6.07) is 8.41. The smallest absolute Gasteiger partial charge is 0.334 e. The summed E-state index contributed by atoms with van der Waals surface area (Å²) in [5.41, 5.74) is -1.11. The molecule has 0 aliphatic heterocycles. The van der Waals surface area contributed by atoms with Crippen molar-refractivity contribution in [3.05, 3.63) is 68.7 Å². The van der Waals surface area contributed by atoms with Gasteiger partial charge in [0.25, 0.3) is 5.56 Å². The summed E-state index contributed by atoms with van der Waals surface area (Å²) >= 11 is 0. The Hall–Kier alpha value is -2.70. The number of aromatic nitrogens is 2. The molecule has 0 fully saturated rings. The van der Waals surface area contributed by atoms with E-state index >= 15 is 0 Å². The van der Waals surface area contributed by atoms with Crippen molar-refractivity contribution in [2.45, 2.75) is 19.4 Å². The Morgan fingerprint density at radius 1 is 1.33 bits per heavy atom. The maximum Gasteiger partial charge on any atom is 0.336 e. The highest BCUT2D eigenvalue weighted by molar-refractivity contribution is 5.76. The minimum atomic E-state index is -1.19. The molecular formula is C14H14FN3O3. The maximum atomic E-state index is 13.1. The van der Waals surface area contributed by atoms with Gasteiger partial charge < -0.3 is 5.32 Å². The van der Waals surface area contributed by atoms with Crippen LogP contribution in [0.5, 0.6) is 0 Å². The Bertz CT molecular complexity index is 752. The number of H-pyrrole nitrogens is 1. The maximum absolute atomic E-state index is 13.1. The minimum absolute atomic E-state index is 0.262. The lowest BCUT2D eigenvalue weighted by Gasteiger charge is -2.14. The predicted octanol–water partition coefficient (Wildman–Crippen LogP) is 0.865. The number of halogens is 1. The third kappa shape index (κ3) is 3.65. The van der Waals surface area contributed by atoms with Crippen molar-refractivity contribution >= 4 is 6.03 Å². The summed E-state index contributed by atoms with van der Waals surface area (Å²) in [7, 11) is 0. The van der Waals surface area contributed by atoms with E-state index in [1.165, 1.54) is 0 Å². The first-order valence-corrected chi connectivity index (χ1v) is 6.33. The number of nitrogens with zero attached hydrogens (tertiary/aromatic N) is 1. The fourth-order valence-electron chi connectivity index (χ4n) is 1.90. The molecule has 0 saturated carbocycles. The molecule has 2 N–H and O–H groups in total. The van der Waals surface area contributed by atoms with Crippen LogP contribution in [-0.2, 0) is 6.42 Å². The number of carbonyl (C=O) groups excluding carboxylic acids is 1. The highest BCUT2D eigenvalue weighted by atomic mass is 19.1. The number of hydrogen-bond donors (Lipinski definition) is 2. The molecule has 1 unspecified atom stereocenters. The molecule has 110 valence electrons. The summed E-state index contributed by atoms with van der Waals surface area (Å²) < 4.78 is 13.6. The summed E-state index contributed by atoms with van der Waals surface area (Å²) in [6.45, 7) is 1.76. The van der Waals surface area contributed by atoms with E-state index in [-0.39, 0.29) is 6.04 Å². The van der Waals surface area contributed by atoms with Gasteiger partial charge in [-0.3, -0.25) is 9.78 Å². The van der Waals surface area contributed by atoms with Gasteiger partial charge >= 0.3 is 11.7 Å². The van der Waals surface area contributed by atoms with Crippen LogP contribution in [-0.4, -0.2) is 21.6 Å². The van der Waals surface area contributed by atoms with Crippen LogP contribution in [0.3, 0.4) is 0 Å². The van der Waals surface area contributed by atoms with Gasteiger partial charge in [-0.2, -0.15) is 4.39 Å². The Morgan fingerprint density at radius 3 is 2.67 bits per heavy atom. The van der Waals surface area contributed by atoms with Crippen LogP contribution in [0.2, 0.25) is 0 Å². The largest absolute Gasteiger partial charge is 0.336 e. The summed E-state index contributed by atoms with van der Waals surface area (Å²) in [4.78, 5) is 36.0. The van der Waals surface area contributed by atoms with Gasteiger partial charge in [-0.15, -0.1) is 0 Å². The summed E-state index contributed by atoms with van der Waals surface area (Å²) in [6.07, 6.45) is 1.14. The minimum Gasteiger partial charge on any atom is -0.334 e. The number of rotatable bonds is 3. The molecule has 1 atom stereocenters. The van der Waals surface area contributed by atoms with Crippen molar-refractivity contribution in [3.63, 3.8) is 0 Å². The highest BCUT2D eigenvalue weighted by Crippen LogP contribution is 2.02. The van der Waals surface area contributed by atoms with Crippen LogP contribution < -0.4 is 16.6 Å². The van der Waals surface area contributed by atoms with Crippen LogP contribution in [0.4, 0.5) is 9.18 Å². The number of nitrogens with one attached hydrogen (secondary N) is 2. The van der Waals surface area contributed by atoms with Crippen molar-refractivity contribution < 1.29 is 9.18 Å². The second-order valence-electron chi connectivity index (χ2n) is 4.65. The Balaban J connectivity index is 2.09.